The number of halogens is 2. The lowest BCUT2D eigenvalue weighted by Gasteiger charge is -2.33. The van der Waals surface area contributed by atoms with Gasteiger partial charge in [-0.05, 0) is 26.0 Å². The molecule has 1 unspecified atom stereocenters. The minimum atomic E-state index is -0.286. The highest BCUT2D eigenvalue weighted by molar-refractivity contribution is 6.39. The lowest BCUT2D eigenvalue weighted by atomic mass is 10.2. The fourth-order valence-corrected chi connectivity index (χ4v) is 3.58. The number of carbonyl (C=O) groups is 2. The summed E-state index contributed by atoms with van der Waals surface area (Å²) < 4.78 is 0. The van der Waals surface area contributed by atoms with Gasteiger partial charge in [-0.2, -0.15) is 0 Å². The number of nitrogens with zero attached hydrogens (tertiary/aromatic N) is 1. The van der Waals surface area contributed by atoms with Crippen LogP contribution in [-0.4, -0.2) is 69.1 Å². The summed E-state index contributed by atoms with van der Waals surface area (Å²) in [6.45, 7) is 8.81. The Kier molecular flexibility index (Phi) is 7.70. The summed E-state index contributed by atoms with van der Waals surface area (Å²) in [5.41, 5.74) is 0.409. The number of para-hydroxylation sites is 1. The van der Waals surface area contributed by atoms with E-state index in [1.54, 1.807) is 18.2 Å². The van der Waals surface area contributed by atoms with Crippen molar-refractivity contribution in [1.82, 2.24) is 4.90 Å². The molecule has 0 spiro atoms. The molecule has 3 N–H and O–H groups in total. The lowest BCUT2D eigenvalue weighted by molar-refractivity contribution is -0.903. The molecule has 0 bridgehead atoms. The minimum Gasteiger partial charge on any atom is -0.332 e. The van der Waals surface area contributed by atoms with E-state index < -0.39 is 0 Å². The molecule has 1 aliphatic heterocycles. The standard InChI is InChI=1S/C18H26Cl2N4O2/c1-4-23-8-10-24(11-9-23)18(26)13(2)22(3)12-16(25)21-17-14(19)6-5-7-15(17)20/h5-7,13H,4,8-12H2,1-3H3,(H,21,25)/p+2/t13-/m0/s1. The highest BCUT2D eigenvalue weighted by Gasteiger charge is 2.31. The van der Waals surface area contributed by atoms with Crippen LogP contribution in [0, 0.1) is 0 Å². The zero-order chi connectivity index (χ0) is 19.3. The number of hydrogen-bond donors (Lipinski definition) is 3. The maximum atomic E-state index is 12.7. The Bertz CT molecular complexity index is 628. The maximum absolute atomic E-state index is 12.7. The van der Waals surface area contributed by atoms with E-state index in [1.165, 1.54) is 4.90 Å². The molecular formula is C18H28Cl2N4O2+2. The van der Waals surface area contributed by atoms with Crippen molar-refractivity contribution in [1.29, 1.82) is 0 Å². The molecule has 6 nitrogen and oxygen atoms in total. The molecule has 2 atom stereocenters. The third-order valence-electron chi connectivity index (χ3n) is 5.06. The molecule has 0 radical (unpaired) electrons. The Hall–Kier alpha value is -1.34. The summed E-state index contributed by atoms with van der Waals surface area (Å²) in [7, 11) is 1.85. The zero-order valence-electron chi connectivity index (χ0n) is 15.6. The predicted octanol–water partition coefficient (Wildman–Crippen LogP) is -0.418. The summed E-state index contributed by atoms with van der Waals surface area (Å²) in [4.78, 5) is 29.3. The number of quaternary nitrogens is 2. The first-order valence-electron chi connectivity index (χ1n) is 9.02. The van der Waals surface area contributed by atoms with Gasteiger partial charge in [-0.15, -0.1) is 0 Å². The Labute approximate surface area is 165 Å². The quantitative estimate of drug-likeness (QED) is 0.605. The van der Waals surface area contributed by atoms with E-state index in [1.807, 2.05) is 18.9 Å². The van der Waals surface area contributed by atoms with E-state index in [9.17, 15) is 9.59 Å². The number of benzene rings is 1. The van der Waals surface area contributed by atoms with Crippen molar-refractivity contribution in [2.75, 3.05) is 51.6 Å². The van der Waals surface area contributed by atoms with Crippen molar-refractivity contribution in [2.24, 2.45) is 0 Å². The van der Waals surface area contributed by atoms with E-state index in [2.05, 4.69) is 12.2 Å². The number of amides is 2. The normalized spacial score (nSPS) is 17.7. The summed E-state index contributed by atoms with van der Waals surface area (Å²) in [5, 5.41) is 3.53. The van der Waals surface area contributed by atoms with Gasteiger partial charge >= 0.3 is 0 Å². The van der Waals surface area contributed by atoms with Crippen LogP contribution in [-0.2, 0) is 9.59 Å². The second-order valence-electron chi connectivity index (χ2n) is 6.82. The number of likely N-dealkylation sites (N-methyl/N-ethyl adjacent to an activating group) is 2. The van der Waals surface area contributed by atoms with Gasteiger partial charge in [-0.25, -0.2) is 0 Å². The van der Waals surface area contributed by atoms with Crippen LogP contribution in [0.15, 0.2) is 18.2 Å². The van der Waals surface area contributed by atoms with Crippen LogP contribution >= 0.6 is 23.2 Å². The highest BCUT2D eigenvalue weighted by Crippen LogP contribution is 2.29. The molecule has 0 saturated carbocycles. The van der Waals surface area contributed by atoms with E-state index in [0.717, 1.165) is 37.6 Å². The van der Waals surface area contributed by atoms with Gasteiger partial charge in [0, 0.05) is 0 Å². The Morgan fingerprint density at radius 3 is 2.38 bits per heavy atom. The van der Waals surface area contributed by atoms with Gasteiger partial charge < -0.3 is 20.0 Å². The first-order valence-corrected chi connectivity index (χ1v) is 9.77. The second-order valence-corrected chi connectivity index (χ2v) is 7.63. The molecule has 1 fully saturated rings. The largest absolute Gasteiger partial charge is 0.332 e. The molecular weight excluding hydrogens is 375 g/mol. The first-order chi connectivity index (χ1) is 12.3. The van der Waals surface area contributed by atoms with Gasteiger partial charge in [0.25, 0.3) is 11.8 Å². The van der Waals surface area contributed by atoms with Crippen LogP contribution in [0.4, 0.5) is 5.69 Å². The summed E-state index contributed by atoms with van der Waals surface area (Å²) >= 11 is 12.2. The van der Waals surface area contributed by atoms with Gasteiger partial charge in [0.15, 0.2) is 12.6 Å². The van der Waals surface area contributed by atoms with E-state index >= 15 is 0 Å². The fraction of sp³-hybridized carbons (Fsp3) is 0.556. The highest BCUT2D eigenvalue weighted by atomic mass is 35.5. The number of anilines is 1. The summed E-state index contributed by atoms with van der Waals surface area (Å²) in [6.07, 6.45) is 0. The summed E-state index contributed by atoms with van der Waals surface area (Å²) in [5.74, 6) is -0.126. The molecule has 8 heteroatoms. The predicted molar refractivity (Wildman–Crippen MR) is 104 cm³/mol. The maximum Gasteiger partial charge on any atom is 0.280 e. The van der Waals surface area contributed by atoms with Gasteiger partial charge in [-0.3, -0.25) is 9.59 Å². The van der Waals surface area contributed by atoms with Crippen molar-refractivity contribution >= 4 is 40.7 Å². The molecule has 26 heavy (non-hydrogen) atoms. The van der Waals surface area contributed by atoms with Crippen molar-refractivity contribution in [3.63, 3.8) is 0 Å². The monoisotopic (exact) mass is 402 g/mol. The van der Waals surface area contributed by atoms with Crippen LogP contribution in [0.2, 0.25) is 10.0 Å². The molecule has 1 heterocycles. The first kappa shape index (κ1) is 21.0. The lowest BCUT2D eigenvalue weighted by Crippen LogP contribution is -3.16. The van der Waals surface area contributed by atoms with E-state index in [0.29, 0.717) is 15.7 Å². The second kappa shape index (κ2) is 9.55. The van der Waals surface area contributed by atoms with Crippen molar-refractivity contribution < 1.29 is 19.4 Å². The minimum absolute atomic E-state index is 0.0984. The van der Waals surface area contributed by atoms with Gasteiger partial charge in [0.2, 0.25) is 0 Å². The van der Waals surface area contributed by atoms with E-state index in [-0.39, 0.29) is 24.4 Å². The third kappa shape index (κ3) is 5.33. The van der Waals surface area contributed by atoms with Crippen LogP contribution in [0.1, 0.15) is 13.8 Å². The molecule has 2 rings (SSSR count). The van der Waals surface area contributed by atoms with Crippen LogP contribution in [0.3, 0.4) is 0 Å². The number of piperazine rings is 1. The fourth-order valence-electron chi connectivity index (χ4n) is 3.09. The van der Waals surface area contributed by atoms with Gasteiger partial charge in [0.1, 0.15) is 0 Å². The van der Waals surface area contributed by atoms with Crippen LogP contribution in [0.5, 0.6) is 0 Å². The average Bonchev–Trinajstić information content (AvgIpc) is 2.63. The Balaban J connectivity index is 1.89. The summed E-state index contributed by atoms with van der Waals surface area (Å²) in [6, 6.07) is 4.77. The van der Waals surface area contributed by atoms with E-state index in [4.69, 9.17) is 23.2 Å². The molecule has 1 aliphatic rings. The molecule has 0 aromatic heterocycles. The zero-order valence-corrected chi connectivity index (χ0v) is 17.1. The molecule has 2 amide bonds. The molecule has 1 aromatic carbocycles. The van der Waals surface area contributed by atoms with Crippen LogP contribution in [0.25, 0.3) is 0 Å². The van der Waals surface area contributed by atoms with Crippen molar-refractivity contribution in [3.8, 4) is 0 Å². The number of hydrogen-bond acceptors (Lipinski definition) is 2. The molecule has 1 saturated heterocycles. The Morgan fingerprint density at radius 2 is 1.85 bits per heavy atom. The SMILES string of the molecule is CC[NH+]1CCN(C(=O)[C@H](C)[NH+](C)CC(=O)Nc2c(Cl)cccc2Cl)CC1. The van der Waals surface area contributed by atoms with Gasteiger partial charge in [-0.1, -0.05) is 29.3 Å². The topological polar surface area (TPSA) is 58.3 Å². The average molecular weight is 403 g/mol. The molecule has 144 valence electrons. The number of rotatable bonds is 6. The Morgan fingerprint density at radius 1 is 1.27 bits per heavy atom. The molecule has 0 aliphatic carbocycles. The van der Waals surface area contributed by atoms with Crippen LogP contribution < -0.4 is 15.1 Å². The number of carbonyl (C=O) groups excluding carboxylic acids is 2. The van der Waals surface area contributed by atoms with Crippen molar-refractivity contribution in [2.45, 2.75) is 19.9 Å². The van der Waals surface area contributed by atoms with Gasteiger partial charge in [0.05, 0.1) is 55.5 Å². The smallest absolute Gasteiger partial charge is 0.280 e. The molecule has 1 aromatic rings. The van der Waals surface area contributed by atoms with Crippen molar-refractivity contribution in [3.05, 3.63) is 28.2 Å². The number of nitrogens with one attached hydrogen (secondary N) is 3. The third-order valence-corrected chi connectivity index (χ3v) is 5.69.